The molecule has 1 saturated heterocycles. The molecule has 2 aliphatic rings. The van der Waals surface area contributed by atoms with Crippen LogP contribution in [-0.4, -0.2) is 68.8 Å². The minimum absolute atomic E-state index is 0.154. The van der Waals surface area contributed by atoms with Crippen molar-refractivity contribution in [3.05, 3.63) is 60.2 Å². The molecule has 1 amide bonds. The van der Waals surface area contributed by atoms with Crippen LogP contribution < -0.4 is 19.7 Å². The lowest BCUT2D eigenvalue weighted by molar-refractivity contribution is 0.00974. The van der Waals surface area contributed by atoms with Gasteiger partial charge in [-0.1, -0.05) is 0 Å². The van der Waals surface area contributed by atoms with Crippen LogP contribution in [0.1, 0.15) is 32.0 Å². The van der Waals surface area contributed by atoms with Gasteiger partial charge in [-0.25, -0.2) is 19.7 Å². The second kappa shape index (κ2) is 10.4. The largest absolute Gasteiger partial charge is 0.487 e. The van der Waals surface area contributed by atoms with E-state index in [2.05, 4.69) is 25.2 Å². The first-order valence-corrected chi connectivity index (χ1v) is 13.6. The molecule has 41 heavy (non-hydrogen) atoms. The van der Waals surface area contributed by atoms with Crippen LogP contribution in [0.15, 0.2) is 48.9 Å². The number of carbonyl (C=O) groups excluding carboxylic acids is 1. The molecule has 0 unspecified atom stereocenters. The Morgan fingerprint density at radius 3 is 2.68 bits per heavy atom. The van der Waals surface area contributed by atoms with Gasteiger partial charge in [-0.05, 0) is 70.5 Å². The van der Waals surface area contributed by atoms with Gasteiger partial charge in [0.1, 0.15) is 35.6 Å². The first-order chi connectivity index (χ1) is 19.6. The van der Waals surface area contributed by atoms with Crippen LogP contribution in [0.5, 0.6) is 17.2 Å². The lowest BCUT2D eigenvalue weighted by Gasteiger charge is -2.39. The highest BCUT2D eigenvalue weighted by Gasteiger charge is 2.37. The number of fused-ring (bicyclic) bond motifs is 5. The number of carbonyl (C=O) groups is 1. The highest BCUT2D eigenvalue weighted by atomic mass is 16.6. The van der Waals surface area contributed by atoms with Gasteiger partial charge in [-0.3, -0.25) is 9.88 Å². The fourth-order valence-corrected chi connectivity index (χ4v) is 4.94. The van der Waals surface area contributed by atoms with Crippen molar-refractivity contribution in [3.63, 3.8) is 0 Å². The van der Waals surface area contributed by atoms with E-state index in [1.165, 1.54) is 6.33 Å². The molecule has 0 saturated carbocycles. The summed E-state index contributed by atoms with van der Waals surface area (Å²) >= 11 is 0. The van der Waals surface area contributed by atoms with Crippen LogP contribution >= 0.6 is 0 Å². The number of nitrogens with one attached hydrogen (secondary N) is 1. The summed E-state index contributed by atoms with van der Waals surface area (Å²) < 4.78 is 17.8. The van der Waals surface area contributed by atoms with Gasteiger partial charge in [0.2, 0.25) is 0 Å². The van der Waals surface area contributed by atoms with Crippen molar-refractivity contribution in [2.24, 2.45) is 0 Å². The molecule has 1 fully saturated rings. The zero-order valence-corrected chi connectivity index (χ0v) is 23.8. The highest BCUT2D eigenvalue weighted by molar-refractivity contribution is 5.90. The van der Waals surface area contributed by atoms with Gasteiger partial charge in [0.05, 0.1) is 17.8 Å². The smallest absolute Gasteiger partial charge is 0.410 e. The Morgan fingerprint density at radius 1 is 1.07 bits per heavy atom. The minimum Gasteiger partial charge on any atom is -0.487 e. The van der Waals surface area contributed by atoms with Crippen LogP contribution in [0, 0.1) is 13.8 Å². The van der Waals surface area contributed by atoms with Crippen LogP contribution in [0.3, 0.4) is 0 Å². The van der Waals surface area contributed by atoms with Gasteiger partial charge >= 0.3 is 6.09 Å². The third-order valence-corrected chi connectivity index (χ3v) is 6.95. The number of hydrogen-bond donors (Lipinski definition) is 1. The van der Waals surface area contributed by atoms with Gasteiger partial charge in [0, 0.05) is 37.1 Å². The second-order valence-electron chi connectivity index (χ2n) is 11.3. The van der Waals surface area contributed by atoms with Gasteiger partial charge in [0.15, 0.2) is 17.4 Å². The Hall–Kier alpha value is -4.67. The third kappa shape index (κ3) is 5.65. The zero-order valence-electron chi connectivity index (χ0n) is 23.8. The first-order valence-electron chi connectivity index (χ1n) is 13.6. The summed E-state index contributed by atoms with van der Waals surface area (Å²) in [6.07, 6.45) is 2.90. The summed E-state index contributed by atoms with van der Waals surface area (Å²) in [6, 6.07) is 11.4. The lowest BCUT2D eigenvalue weighted by Crippen LogP contribution is -2.57. The number of anilines is 3. The van der Waals surface area contributed by atoms with Gasteiger partial charge in [-0.2, -0.15) is 0 Å². The van der Waals surface area contributed by atoms with E-state index < -0.39 is 5.60 Å². The molecule has 11 heteroatoms. The van der Waals surface area contributed by atoms with Crippen LogP contribution in [0.2, 0.25) is 0 Å². The van der Waals surface area contributed by atoms with E-state index >= 15 is 0 Å². The number of amides is 1. The molecule has 212 valence electrons. The number of aryl methyl sites for hydroxylation is 2. The number of piperazine rings is 1. The van der Waals surface area contributed by atoms with Crippen molar-refractivity contribution in [3.8, 4) is 17.2 Å². The predicted octanol–water partition coefficient (Wildman–Crippen LogP) is 5.39. The molecule has 0 radical (unpaired) electrons. The maximum Gasteiger partial charge on any atom is 0.410 e. The normalized spacial score (nSPS) is 16.5. The topological polar surface area (TPSA) is 115 Å². The van der Waals surface area contributed by atoms with Crippen LogP contribution in [0.4, 0.5) is 22.1 Å². The maximum absolute atomic E-state index is 12.8. The molecule has 4 aromatic rings. The second-order valence-corrected chi connectivity index (χ2v) is 11.3. The Kier molecular flexibility index (Phi) is 6.72. The molecule has 5 heterocycles. The molecule has 1 N–H and O–H groups in total. The van der Waals surface area contributed by atoms with Crippen molar-refractivity contribution in [1.29, 1.82) is 0 Å². The number of rotatable bonds is 4. The number of benzene rings is 1. The third-order valence-electron chi connectivity index (χ3n) is 6.95. The van der Waals surface area contributed by atoms with E-state index in [1.807, 2.05) is 71.0 Å². The molecule has 2 aliphatic heterocycles. The number of hydrogen-bond acceptors (Lipinski definition) is 10. The number of pyridine rings is 2. The van der Waals surface area contributed by atoms with Crippen molar-refractivity contribution in [1.82, 2.24) is 24.8 Å². The SMILES string of the molecule is Cc1ccc(Oc2ccc(Nc3ncnc4cc5c(nc34)N3CCN(C(=O)OC(C)(C)C)[C@H](CO5)C3)cc2C)cn1. The van der Waals surface area contributed by atoms with Gasteiger partial charge in [-0.15, -0.1) is 0 Å². The number of nitrogens with zero attached hydrogens (tertiary/aromatic N) is 6. The average Bonchev–Trinajstić information content (AvgIpc) is 3.05. The summed E-state index contributed by atoms with van der Waals surface area (Å²) in [6.45, 7) is 11.6. The number of ether oxygens (including phenoxy) is 3. The fraction of sp³-hybridized carbons (Fsp3) is 0.367. The lowest BCUT2D eigenvalue weighted by atomic mass is 10.2. The molecule has 0 spiro atoms. The van der Waals surface area contributed by atoms with Gasteiger partial charge in [0.25, 0.3) is 0 Å². The Morgan fingerprint density at radius 2 is 1.93 bits per heavy atom. The minimum atomic E-state index is -0.561. The Labute approximate surface area is 238 Å². The van der Waals surface area contributed by atoms with Crippen molar-refractivity contribution in [2.45, 2.75) is 46.3 Å². The summed E-state index contributed by atoms with van der Waals surface area (Å²) in [4.78, 5) is 35.0. The first kappa shape index (κ1) is 26.5. The van der Waals surface area contributed by atoms with Crippen LogP contribution in [0.25, 0.3) is 11.0 Å². The molecular weight excluding hydrogens is 522 g/mol. The summed E-state index contributed by atoms with van der Waals surface area (Å²) in [7, 11) is 0. The molecule has 0 aliphatic carbocycles. The maximum atomic E-state index is 12.8. The molecule has 2 bridgehead atoms. The summed E-state index contributed by atoms with van der Waals surface area (Å²) in [5, 5.41) is 3.40. The number of aromatic nitrogens is 4. The predicted molar refractivity (Wildman–Crippen MR) is 155 cm³/mol. The molecule has 11 nitrogen and oxygen atoms in total. The average molecular weight is 556 g/mol. The van der Waals surface area contributed by atoms with E-state index in [-0.39, 0.29) is 12.1 Å². The van der Waals surface area contributed by atoms with E-state index in [1.54, 1.807) is 11.1 Å². The van der Waals surface area contributed by atoms with Crippen LogP contribution in [-0.2, 0) is 4.74 Å². The zero-order chi connectivity index (χ0) is 28.7. The Bertz CT molecular complexity index is 1600. The standard InChI is InChI=1S/C30H33N7O4/c1-18-12-20(7-9-24(18)40-22-8-6-19(2)31-14-22)34-27-26-23(32-17-33-27)13-25-28(35-26)36-10-11-37(21(15-36)16-39-25)29(38)41-30(3,4)5/h6-9,12-14,17,21H,10-11,15-16H2,1-5H3,(H,32,33,34)/t21-/m0/s1. The fourth-order valence-electron chi connectivity index (χ4n) is 4.94. The van der Waals surface area contributed by atoms with E-state index in [0.29, 0.717) is 60.4 Å². The van der Waals surface area contributed by atoms with Crippen molar-refractivity contribution >= 4 is 34.4 Å². The molecular formula is C30H33N7O4. The van der Waals surface area contributed by atoms with Crippen molar-refractivity contribution < 1.29 is 19.0 Å². The van der Waals surface area contributed by atoms with E-state index in [4.69, 9.17) is 19.2 Å². The monoisotopic (exact) mass is 555 g/mol. The molecule has 1 aromatic carbocycles. The quantitative estimate of drug-likeness (QED) is 0.351. The molecule has 1 atom stereocenters. The van der Waals surface area contributed by atoms with Gasteiger partial charge < -0.3 is 24.4 Å². The molecule has 3 aromatic heterocycles. The summed E-state index contributed by atoms with van der Waals surface area (Å²) in [5.74, 6) is 3.37. The summed E-state index contributed by atoms with van der Waals surface area (Å²) in [5.41, 5.74) is 3.46. The van der Waals surface area contributed by atoms with Crippen molar-refractivity contribution in [2.75, 3.05) is 36.5 Å². The molecule has 6 rings (SSSR count). The Balaban J connectivity index is 1.23. The highest BCUT2D eigenvalue weighted by Crippen LogP contribution is 2.36. The van der Waals surface area contributed by atoms with E-state index in [9.17, 15) is 4.79 Å². The van der Waals surface area contributed by atoms with E-state index in [0.717, 1.165) is 22.7 Å².